The molecule has 290 valence electrons. The third-order valence-corrected chi connectivity index (χ3v) is 9.25. The highest BCUT2D eigenvalue weighted by atomic mass is 16.5. The van der Waals surface area contributed by atoms with Gasteiger partial charge in [-0.1, -0.05) is 143 Å². The lowest BCUT2D eigenvalue weighted by Gasteiger charge is -2.17. The summed E-state index contributed by atoms with van der Waals surface area (Å²) in [4.78, 5) is 54.2. The molecule has 0 aromatic heterocycles. The second-order valence-electron chi connectivity index (χ2n) is 14.0. The molecule has 0 saturated carbocycles. The third kappa shape index (κ3) is 16.3. The summed E-state index contributed by atoms with van der Waals surface area (Å²) in [5.41, 5.74) is 1.18. The van der Waals surface area contributed by atoms with Gasteiger partial charge in [0.05, 0.1) is 48.7 Å². The molecule has 2 aromatic carbocycles. The van der Waals surface area contributed by atoms with E-state index in [1.807, 2.05) is 6.92 Å². The van der Waals surface area contributed by atoms with E-state index in [0.29, 0.717) is 17.5 Å². The average Bonchev–Trinajstić information content (AvgIpc) is 3.16. The Morgan fingerprint density at radius 1 is 0.500 bits per heavy atom. The minimum Gasteiger partial charge on any atom is -0.462 e. The van der Waals surface area contributed by atoms with Crippen molar-refractivity contribution >= 4 is 23.9 Å². The summed E-state index contributed by atoms with van der Waals surface area (Å²) in [5, 5.41) is 0. The maximum absolute atomic E-state index is 13.8. The first-order chi connectivity index (χ1) is 25.3. The van der Waals surface area contributed by atoms with Crippen molar-refractivity contribution in [3.8, 4) is 11.1 Å². The molecule has 0 aliphatic carbocycles. The van der Waals surface area contributed by atoms with Gasteiger partial charge in [-0.25, -0.2) is 19.2 Å². The number of carbonyl (C=O) groups excluding carboxylic acids is 4. The third-order valence-electron chi connectivity index (χ3n) is 9.25. The van der Waals surface area contributed by atoms with Gasteiger partial charge in [-0.15, -0.1) is 0 Å². The van der Waals surface area contributed by atoms with Crippen LogP contribution in [0.5, 0.6) is 0 Å². The summed E-state index contributed by atoms with van der Waals surface area (Å²) in [6.07, 6.45) is 18.0. The summed E-state index contributed by atoms with van der Waals surface area (Å²) in [6, 6.07) is 9.72. The number of benzene rings is 2. The van der Waals surface area contributed by atoms with Crippen LogP contribution >= 0.6 is 0 Å². The zero-order valence-corrected chi connectivity index (χ0v) is 32.9. The molecule has 52 heavy (non-hydrogen) atoms. The Bertz CT molecular complexity index is 1350. The van der Waals surface area contributed by atoms with Gasteiger partial charge < -0.3 is 18.9 Å². The number of hydrogen-bond acceptors (Lipinski definition) is 8. The van der Waals surface area contributed by atoms with Crippen molar-refractivity contribution in [3.63, 3.8) is 0 Å². The van der Waals surface area contributed by atoms with Crippen LogP contribution in [0.4, 0.5) is 0 Å². The fraction of sp³-hybridized carbons (Fsp3) is 0.636. The van der Waals surface area contributed by atoms with E-state index in [0.717, 1.165) is 109 Å². The number of ether oxygens (including phenoxy) is 4. The molecule has 0 N–H and O–H groups in total. The predicted octanol–water partition coefficient (Wildman–Crippen LogP) is 11.7. The van der Waals surface area contributed by atoms with Gasteiger partial charge in [-0.05, 0) is 60.9 Å². The van der Waals surface area contributed by atoms with Crippen molar-refractivity contribution in [1.29, 1.82) is 0 Å². The molecule has 0 amide bonds. The van der Waals surface area contributed by atoms with Gasteiger partial charge in [-0.2, -0.15) is 0 Å². The van der Waals surface area contributed by atoms with E-state index >= 15 is 0 Å². The summed E-state index contributed by atoms with van der Waals surface area (Å²) < 4.78 is 22.7. The molecule has 1 unspecified atom stereocenters. The Labute approximate surface area is 313 Å². The number of unbranched alkanes of at least 4 members (excludes halogenated alkanes) is 13. The van der Waals surface area contributed by atoms with Crippen molar-refractivity contribution in [3.05, 3.63) is 58.7 Å². The van der Waals surface area contributed by atoms with Crippen LogP contribution in [0, 0.1) is 5.92 Å². The van der Waals surface area contributed by atoms with Gasteiger partial charge >= 0.3 is 23.9 Å². The van der Waals surface area contributed by atoms with E-state index < -0.39 is 23.9 Å². The minimum atomic E-state index is -0.641. The van der Waals surface area contributed by atoms with E-state index in [1.54, 1.807) is 30.3 Å². The van der Waals surface area contributed by atoms with Gasteiger partial charge in [0.1, 0.15) is 0 Å². The molecule has 0 radical (unpaired) electrons. The molecule has 0 heterocycles. The molecule has 0 fully saturated rings. The zero-order valence-electron chi connectivity index (χ0n) is 32.9. The standard InChI is InChI=1S/C44H66O8/c1-6-10-14-17-20-29-49-42(46)38-26-23-25-36(40(38)44(48)51-31-22-19-16-12-8-3)35-27-28-37(41(45)52-33-34(5)24-13-9-4)39(32-35)43(47)50-30-21-18-15-11-7-2/h23,25-28,32,34H,6-22,24,29-31,33H2,1-5H3. The fourth-order valence-electron chi connectivity index (χ4n) is 6.01. The van der Waals surface area contributed by atoms with Crippen LogP contribution in [0.2, 0.25) is 0 Å². The molecule has 1 atom stereocenters. The van der Waals surface area contributed by atoms with Crippen molar-refractivity contribution < 1.29 is 38.1 Å². The Morgan fingerprint density at radius 2 is 0.981 bits per heavy atom. The SMILES string of the molecule is CCCCCCCOC(=O)c1cc(-c2cccc(C(=O)OCCCCCCC)c2C(=O)OCCCCCCC)ccc1C(=O)OCC(C)CCCC. The Morgan fingerprint density at radius 3 is 1.52 bits per heavy atom. The first-order valence-corrected chi connectivity index (χ1v) is 20.2. The van der Waals surface area contributed by atoms with Crippen LogP contribution in [0.15, 0.2) is 36.4 Å². The van der Waals surface area contributed by atoms with E-state index in [2.05, 4.69) is 27.7 Å². The Kier molecular flexibility index (Phi) is 23.1. The molecule has 0 bridgehead atoms. The summed E-state index contributed by atoms with van der Waals surface area (Å²) in [6.45, 7) is 11.5. The second-order valence-corrected chi connectivity index (χ2v) is 14.0. The highest BCUT2D eigenvalue weighted by Crippen LogP contribution is 2.31. The monoisotopic (exact) mass is 722 g/mol. The molecule has 0 aliphatic heterocycles. The van der Waals surface area contributed by atoms with Crippen LogP contribution in [0.3, 0.4) is 0 Å². The largest absolute Gasteiger partial charge is 0.462 e. The van der Waals surface area contributed by atoms with Crippen molar-refractivity contribution in [2.45, 2.75) is 150 Å². The molecule has 0 spiro atoms. The fourth-order valence-corrected chi connectivity index (χ4v) is 6.01. The molecule has 8 heteroatoms. The van der Waals surface area contributed by atoms with E-state index in [9.17, 15) is 19.2 Å². The maximum atomic E-state index is 13.8. The van der Waals surface area contributed by atoms with Crippen LogP contribution in [-0.4, -0.2) is 50.3 Å². The summed E-state index contributed by atoms with van der Waals surface area (Å²) in [7, 11) is 0. The molecular weight excluding hydrogens is 656 g/mol. The highest BCUT2D eigenvalue weighted by Gasteiger charge is 2.27. The highest BCUT2D eigenvalue weighted by molar-refractivity contribution is 6.09. The lowest BCUT2D eigenvalue weighted by atomic mass is 9.92. The number of hydrogen-bond donors (Lipinski definition) is 0. The summed E-state index contributed by atoms with van der Waals surface area (Å²) >= 11 is 0. The van der Waals surface area contributed by atoms with Gasteiger partial charge in [0.25, 0.3) is 0 Å². The van der Waals surface area contributed by atoms with Crippen LogP contribution in [0.1, 0.15) is 192 Å². The van der Waals surface area contributed by atoms with Gasteiger partial charge in [0.15, 0.2) is 0 Å². The minimum absolute atomic E-state index is 0.0487. The lowest BCUT2D eigenvalue weighted by molar-refractivity contribution is 0.0416. The molecule has 0 saturated heterocycles. The van der Waals surface area contributed by atoms with Crippen LogP contribution in [-0.2, 0) is 18.9 Å². The van der Waals surface area contributed by atoms with Gasteiger partial charge in [0, 0.05) is 0 Å². The molecule has 2 aromatic rings. The van der Waals surface area contributed by atoms with Gasteiger partial charge in [-0.3, -0.25) is 0 Å². The topological polar surface area (TPSA) is 105 Å². The Balaban J connectivity index is 2.47. The van der Waals surface area contributed by atoms with Crippen molar-refractivity contribution in [2.75, 3.05) is 26.4 Å². The first-order valence-electron chi connectivity index (χ1n) is 20.2. The normalized spacial score (nSPS) is 11.6. The maximum Gasteiger partial charge on any atom is 0.339 e. The van der Waals surface area contributed by atoms with Crippen LogP contribution < -0.4 is 0 Å². The molecule has 2 rings (SSSR count). The molecular formula is C44H66O8. The predicted molar refractivity (Wildman–Crippen MR) is 208 cm³/mol. The molecule has 8 nitrogen and oxygen atoms in total. The second kappa shape index (κ2) is 27.0. The van der Waals surface area contributed by atoms with Crippen LogP contribution in [0.25, 0.3) is 11.1 Å². The summed E-state index contributed by atoms with van der Waals surface area (Å²) in [5.74, 6) is -2.31. The van der Waals surface area contributed by atoms with Crippen molar-refractivity contribution in [2.24, 2.45) is 5.92 Å². The smallest absolute Gasteiger partial charge is 0.339 e. The lowest BCUT2D eigenvalue weighted by Crippen LogP contribution is -2.18. The number of esters is 4. The number of rotatable bonds is 28. The Hall–Kier alpha value is -3.68. The number of carbonyl (C=O) groups is 4. The average molecular weight is 723 g/mol. The van der Waals surface area contributed by atoms with Crippen molar-refractivity contribution in [1.82, 2.24) is 0 Å². The van der Waals surface area contributed by atoms with E-state index in [1.165, 1.54) is 6.07 Å². The zero-order chi connectivity index (χ0) is 38.0. The quantitative estimate of drug-likeness (QED) is 0.0485. The van der Waals surface area contributed by atoms with Gasteiger partial charge in [0.2, 0.25) is 0 Å². The van der Waals surface area contributed by atoms with E-state index in [4.69, 9.17) is 18.9 Å². The first kappa shape index (κ1) is 44.5. The molecule has 0 aliphatic rings. The van der Waals surface area contributed by atoms with E-state index in [-0.39, 0.29) is 54.6 Å².